The van der Waals surface area contributed by atoms with Gasteiger partial charge in [-0.05, 0) is 57.2 Å². The summed E-state index contributed by atoms with van der Waals surface area (Å²) in [6.07, 6.45) is 0. The van der Waals surface area contributed by atoms with E-state index in [9.17, 15) is 4.79 Å². The third kappa shape index (κ3) is 3.47. The molecule has 0 radical (unpaired) electrons. The van der Waals surface area contributed by atoms with Crippen molar-refractivity contribution in [3.63, 3.8) is 0 Å². The summed E-state index contributed by atoms with van der Waals surface area (Å²) in [6, 6.07) is 0. The predicted octanol–water partition coefficient (Wildman–Crippen LogP) is 2.45. The van der Waals surface area contributed by atoms with Crippen LogP contribution in [0.25, 0.3) is 0 Å². The summed E-state index contributed by atoms with van der Waals surface area (Å²) in [5, 5.41) is 4.29. The van der Waals surface area contributed by atoms with E-state index < -0.39 is 5.60 Å². The van der Waals surface area contributed by atoms with Crippen molar-refractivity contribution in [3.05, 3.63) is 15.0 Å². The molecule has 0 spiro atoms. The summed E-state index contributed by atoms with van der Waals surface area (Å²) in [5.74, 6) is -0.255. The van der Waals surface area contributed by atoms with Crippen molar-refractivity contribution in [2.75, 3.05) is 0 Å². The standard InChI is InChI=1S/C11H17IN2O2/c1-7-10(12)8(2)14(13-7)6-9(15)16-11(3,4)5/h6H2,1-5H3. The molecule has 1 heterocycles. The molecule has 0 aliphatic heterocycles. The highest BCUT2D eigenvalue weighted by molar-refractivity contribution is 14.1. The Kier molecular flexibility index (Phi) is 3.98. The summed E-state index contributed by atoms with van der Waals surface area (Å²) in [4.78, 5) is 11.6. The normalized spacial score (nSPS) is 11.6. The monoisotopic (exact) mass is 336 g/mol. The van der Waals surface area contributed by atoms with Crippen molar-refractivity contribution in [2.45, 2.75) is 46.8 Å². The van der Waals surface area contributed by atoms with Gasteiger partial charge >= 0.3 is 5.97 Å². The van der Waals surface area contributed by atoms with Crippen LogP contribution in [0, 0.1) is 17.4 Å². The van der Waals surface area contributed by atoms with E-state index in [0.717, 1.165) is 15.0 Å². The fraction of sp³-hybridized carbons (Fsp3) is 0.636. The van der Waals surface area contributed by atoms with E-state index in [1.165, 1.54) is 0 Å². The van der Waals surface area contributed by atoms with E-state index in [-0.39, 0.29) is 12.5 Å². The Morgan fingerprint density at radius 1 is 1.44 bits per heavy atom. The quantitative estimate of drug-likeness (QED) is 0.616. The number of nitrogens with zero attached hydrogens (tertiary/aromatic N) is 2. The van der Waals surface area contributed by atoms with E-state index in [4.69, 9.17) is 4.74 Å². The number of aromatic nitrogens is 2. The number of ether oxygens (including phenoxy) is 1. The second kappa shape index (κ2) is 4.73. The third-order valence-electron chi connectivity index (χ3n) is 1.99. The molecular weight excluding hydrogens is 319 g/mol. The topological polar surface area (TPSA) is 44.1 Å². The smallest absolute Gasteiger partial charge is 0.328 e. The minimum absolute atomic E-state index is 0.174. The van der Waals surface area contributed by atoms with Crippen molar-refractivity contribution in [1.29, 1.82) is 0 Å². The maximum atomic E-state index is 11.6. The number of hydrogen-bond acceptors (Lipinski definition) is 3. The molecule has 0 N–H and O–H groups in total. The van der Waals surface area contributed by atoms with Crippen molar-refractivity contribution in [1.82, 2.24) is 9.78 Å². The van der Waals surface area contributed by atoms with Gasteiger partial charge in [-0.25, -0.2) is 0 Å². The first-order valence-electron chi connectivity index (χ1n) is 5.12. The summed E-state index contributed by atoms with van der Waals surface area (Å²) in [6.45, 7) is 9.63. The van der Waals surface area contributed by atoms with Crippen molar-refractivity contribution < 1.29 is 9.53 Å². The molecule has 0 fully saturated rings. The second-order valence-electron chi connectivity index (χ2n) is 4.73. The van der Waals surface area contributed by atoms with Crippen LogP contribution in [0.4, 0.5) is 0 Å². The van der Waals surface area contributed by atoms with Crippen LogP contribution in [-0.2, 0) is 16.1 Å². The molecule has 0 saturated carbocycles. The molecule has 1 aromatic heterocycles. The number of esters is 1. The van der Waals surface area contributed by atoms with Gasteiger partial charge in [0.15, 0.2) is 0 Å². The van der Waals surface area contributed by atoms with Gasteiger partial charge in [0.1, 0.15) is 12.1 Å². The number of carbonyl (C=O) groups is 1. The molecule has 1 rings (SSSR count). The van der Waals surface area contributed by atoms with Crippen LogP contribution in [0.15, 0.2) is 0 Å². The molecule has 0 saturated heterocycles. The largest absolute Gasteiger partial charge is 0.459 e. The van der Waals surface area contributed by atoms with Gasteiger partial charge in [-0.3, -0.25) is 9.48 Å². The van der Waals surface area contributed by atoms with E-state index in [1.54, 1.807) is 4.68 Å². The Morgan fingerprint density at radius 3 is 2.38 bits per heavy atom. The van der Waals surface area contributed by atoms with Gasteiger partial charge in [-0.1, -0.05) is 0 Å². The van der Waals surface area contributed by atoms with E-state index in [0.29, 0.717) is 0 Å². The predicted molar refractivity (Wildman–Crippen MR) is 70.3 cm³/mol. The molecule has 0 atom stereocenters. The van der Waals surface area contributed by atoms with Crippen LogP contribution in [-0.4, -0.2) is 21.4 Å². The van der Waals surface area contributed by atoms with Crippen LogP contribution in [0.3, 0.4) is 0 Å². The Balaban J connectivity index is 2.74. The molecule has 90 valence electrons. The zero-order chi connectivity index (χ0) is 12.5. The van der Waals surface area contributed by atoms with Gasteiger partial charge < -0.3 is 4.74 Å². The Bertz CT molecular complexity index is 405. The molecule has 0 bridgehead atoms. The Labute approximate surface area is 109 Å². The Hall–Kier alpha value is -0.590. The molecule has 0 aliphatic rings. The Morgan fingerprint density at radius 2 is 2.00 bits per heavy atom. The molecule has 0 aromatic carbocycles. The van der Waals surface area contributed by atoms with Gasteiger partial charge in [0.05, 0.1) is 9.26 Å². The van der Waals surface area contributed by atoms with Crippen LogP contribution in [0.1, 0.15) is 32.2 Å². The third-order valence-corrected chi connectivity index (χ3v) is 3.55. The summed E-state index contributed by atoms with van der Waals surface area (Å²) in [5.41, 5.74) is 1.51. The molecule has 4 nitrogen and oxygen atoms in total. The van der Waals surface area contributed by atoms with Crippen LogP contribution in [0.5, 0.6) is 0 Å². The molecule has 0 amide bonds. The zero-order valence-corrected chi connectivity index (χ0v) is 12.5. The fourth-order valence-corrected chi connectivity index (χ4v) is 1.71. The van der Waals surface area contributed by atoms with Crippen molar-refractivity contribution >= 4 is 28.6 Å². The first kappa shape index (κ1) is 13.5. The van der Waals surface area contributed by atoms with Gasteiger partial charge in [0.25, 0.3) is 0 Å². The van der Waals surface area contributed by atoms with Gasteiger partial charge in [0, 0.05) is 5.69 Å². The highest BCUT2D eigenvalue weighted by Gasteiger charge is 2.18. The maximum absolute atomic E-state index is 11.6. The lowest BCUT2D eigenvalue weighted by atomic mass is 10.2. The van der Waals surface area contributed by atoms with Crippen molar-refractivity contribution in [2.24, 2.45) is 0 Å². The molecule has 1 aromatic rings. The second-order valence-corrected chi connectivity index (χ2v) is 5.81. The van der Waals surface area contributed by atoms with Gasteiger partial charge in [0.2, 0.25) is 0 Å². The molecule has 16 heavy (non-hydrogen) atoms. The summed E-state index contributed by atoms with van der Waals surface area (Å²) < 4.78 is 8.03. The SMILES string of the molecule is Cc1nn(CC(=O)OC(C)(C)C)c(C)c1I. The van der Waals surface area contributed by atoms with E-state index in [2.05, 4.69) is 27.7 Å². The number of aryl methyl sites for hydroxylation is 1. The van der Waals surface area contributed by atoms with Gasteiger partial charge in [-0.15, -0.1) is 0 Å². The molecule has 0 unspecified atom stereocenters. The number of rotatable bonds is 2. The molecule has 0 aliphatic carbocycles. The average Bonchev–Trinajstić information content (AvgIpc) is 2.30. The number of carbonyl (C=O) groups excluding carboxylic acids is 1. The first-order valence-corrected chi connectivity index (χ1v) is 6.20. The average molecular weight is 336 g/mol. The number of hydrogen-bond donors (Lipinski definition) is 0. The van der Waals surface area contributed by atoms with Crippen LogP contribution >= 0.6 is 22.6 Å². The van der Waals surface area contributed by atoms with Gasteiger partial charge in [-0.2, -0.15) is 5.10 Å². The van der Waals surface area contributed by atoms with Crippen molar-refractivity contribution in [3.8, 4) is 0 Å². The molecular formula is C11H17IN2O2. The minimum Gasteiger partial charge on any atom is -0.459 e. The summed E-state index contributed by atoms with van der Waals surface area (Å²) in [7, 11) is 0. The minimum atomic E-state index is -0.444. The fourth-order valence-electron chi connectivity index (χ4n) is 1.33. The summed E-state index contributed by atoms with van der Waals surface area (Å²) >= 11 is 2.23. The lowest BCUT2D eigenvalue weighted by molar-refractivity contribution is -0.155. The maximum Gasteiger partial charge on any atom is 0.328 e. The lowest BCUT2D eigenvalue weighted by Crippen LogP contribution is -2.27. The molecule has 5 heteroatoms. The van der Waals surface area contributed by atoms with Crippen LogP contribution < -0.4 is 0 Å². The van der Waals surface area contributed by atoms with E-state index in [1.807, 2.05) is 34.6 Å². The lowest BCUT2D eigenvalue weighted by Gasteiger charge is -2.19. The number of halogens is 1. The highest BCUT2D eigenvalue weighted by Crippen LogP contribution is 2.15. The highest BCUT2D eigenvalue weighted by atomic mass is 127. The zero-order valence-electron chi connectivity index (χ0n) is 10.3. The van der Waals surface area contributed by atoms with E-state index >= 15 is 0 Å². The van der Waals surface area contributed by atoms with Crippen LogP contribution in [0.2, 0.25) is 0 Å². The first-order chi connectivity index (χ1) is 7.20.